The summed E-state index contributed by atoms with van der Waals surface area (Å²) in [6.45, 7) is 12.1. The van der Waals surface area contributed by atoms with Crippen LogP contribution in [0.15, 0.2) is 0 Å². The number of hydrogen-bond donors (Lipinski definition) is 0. The summed E-state index contributed by atoms with van der Waals surface area (Å²) in [6.07, 6.45) is 12.1. The van der Waals surface area contributed by atoms with Crippen LogP contribution in [0.2, 0.25) is 0 Å². The smallest absolute Gasteiger partial charge is 0.550 e. The Morgan fingerprint density at radius 2 is 0.706 bits per heavy atom. The van der Waals surface area contributed by atoms with Gasteiger partial charge in [0, 0.05) is 35.7 Å². The first kappa shape index (κ1) is 32.9. The summed E-state index contributed by atoms with van der Waals surface area (Å²) in [5.74, 6) is -3.28. The minimum atomic E-state index is -0.866. The molecule has 0 spiro atoms. The van der Waals surface area contributed by atoms with E-state index in [1.807, 2.05) is 41.5 Å². The van der Waals surface area contributed by atoms with Gasteiger partial charge in [0.1, 0.15) is 0 Å². The van der Waals surface area contributed by atoms with Gasteiger partial charge in [-0.25, -0.2) is 0 Å². The topological polar surface area (TPSA) is 120 Å². The van der Waals surface area contributed by atoms with Crippen molar-refractivity contribution < 1.29 is 29.7 Å². The summed E-state index contributed by atoms with van der Waals surface area (Å²) in [6, 6.07) is 0. The van der Waals surface area contributed by atoms with Crippen molar-refractivity contribution in [3.63, 3.8) is 0 Å². The average Bonchev–Trinajstić information content (AvgIpc) is 2.67. The molecule has 0 aromatic heterocycles. The third kappa shape index (κ3) is 9.90. The molecule has 0 heterocycles. The van der Waals surface area contributed by atoms with Gasteiger partial charge in [-0.15, -0.1) is 0 Å². The van der Waals surface area contributed by atoms with Crippen LogP contribution in [0.4, 0.5) is 0 Å². The minimum absolute atomic E-state index is 0. The molecule has 0 saturated heterocycles. The van der Waals surface area contributed by atoms with Crippen molar-refractivity contribution in [3.8, 4) is 0 Å². The minimum Gasteiger partial charge on any atom is -0.550 e. The van der Waals surface area contributed by atoms with E-state index in [9.17, 15) is 29.7 Å². The average molecular weight is 493 g/mol. The fourth-order valence-electron chi connectivity index (χ4n) is 5.79. The van der Waals surface area contributed by atoms with Crippen LogP contribution in [0.3, 0.4) is 0 Å². The zero-order chi connectivity index (χ0) is 25.4. The molecule has 3 aliphatic rings. The van der Waals surface area contributed by atoms with Gasteiger partial charge in [-0.1, -0.05) is 80.1 Å². The van der Waals surface area contributed by atoms with Gasteiger partial charge in [0.15, 0.2) is 0 Å². The molecule has 0 amide bonds. The summed E-state index contributed by atoms with van der Waals surface area (Å²) < 4.78 is 0. The second-order valence-corrected chi connectivity index (χ2v) is 12.3. The van der Waals surface area contributed by atoms with Crippen molar-refractivity contribution in [2.24, 2.45) is 34.0 Å². The van der Waals surface area contributed by atoms with Crippen LogP contribution < -0.4 is 15.3 Å². The molecule has 3 rings (SSSR count). The molecule has 0 aliphatic heterocycles. The standard InChI is InChI=1S/3C9H16O2.Al/c3*1-9(2)6-4-3-5-7(9)8(10)11;/h3*7H,3-6H2,1-2H3,(H,10,11);/q;;;+3/p-3. The number of aliphatic carboxylic acids is 3. The van der Waals surface area contributed by atoms with Crippen LogP contribution in [0, 0.1) is 34.0 Å². The number of hydrogen-bond acceptors (Lipinski definition) is 6. The normalized spacial score (nSPS) is 28.9. The molecule has 0 bridgehead atoms. The Labute approximate surface area is 217 Å². The van der Waals surface area contributed by atoms with E-state index >= 15 is 0 Å². The van der Waals surface area contributed by atoms with Crippen LogP contribution in [0.5, 0.6) is 0 Å². The van der Waals surface area contributed by atoms with E-state index in [4.69, 9.17) is 0 Å². The van der Waals surface area contributed by atoms with Crippen LogP contribution in [0.1, 0.15) is 119 Å². The molecular formula is C27H45AlO6. The molecule has 0 radical (unpaired) electrons. The number of carboxylic acids is 3. The van der Waals surface area contributed by atoms with Crippen LogP contribution in [0.25, 0.3) is 0 Å². The van der Waals surface area contributed by atoms with Crippen LogP contribution in [-0.4, -0.2) is 35.3 Å². The van der Waals surface area contributed by atoms with E-state index in [1.165, 1.54) is 0 Å². The SMILES string of the molecule is CC1(C)CCCCC1C(=O)[O-].CC1(C)CCCCC1C(=O)[O-].CC1(C)CCCCC1C(=O)[O-].[Al+3]. The Kier molecular flexibility index (Phi) is 13.4. The molecule has 7 heteroatoms. The Morgan fingerprint density at radius 3 is 0.824 bits per heavy atom. The first-order valence-corrected chi connectivity index (χ1v) is 12.7. The number of carboxylic acid groups (broad SMARTS) is 3. The molecule has 6 nitrogen and oxygen atoms in total. The predicted octanol–water partition coefficient (Wildman–Crippen LogP) is 2.48. The molecule has 192 valence electrons. The molecule has 0 N–H and O–H groups in total. The van der Waals surface area contributed by atoms with Crippen molar-refractivity contribution in [1.29, 1.82) is 0 Å². The van der Waals surface area contributed by atoms with Gasteiger partial charge >= 0.3 is 17.4 Å². The Balaban J connectivity index is 0.000000473. The van der Waals surface area contributed by atoms with Gasteiger partial charge in [0.25, 0.3) is 0 Å². The molecule has 3 atom stereocenters. The zero-order valence-electron chi connectivity index (χ0n) is 22.2. The van der Waals surface area contributed by atoms with E-state index in [-0.39, 0.29) is 51.4 Å². The summed E-state index contributed by atoms with van der Waals surface area (Å²) in [5.41, 5.74) is -0.134. The van der Waals surface area contributed by atoms with Gasteiger partial charge in [-0.3, -0.25) is 0 Å². The van der Waals surface area contributed by atoms with Gasteiger partial charge < -0.3 is 29.7 Å². The van der Waals surface area contributed by atoms with Crippen molar-refractivity contribution >= 4 is 35.3 Å². The fourth-order valence-corrected chi connectivity index (χ4v) is 5.79. The molecular weight excluding hydrogens is 447 g/mol. The third-order valence-corrected chi connectivity index (χ3v) is 8.38. The van der Waals surface area contributed by atoms with Crippen LogP contribution >= 0.6 is 0 Å². The summed E-state index contributed by atoms with van der Waals surface area (Å²) >= 11 is 0. The molecule has 3 saturated carbocycles. The summed E-state index contributed by atoms with van der Waals surface area (Å²) in [4.78, 5) is 32.0. The van der Waals surface area contributed by atoms with E-state index in [2.05, 4.69) is 0 Å². The largest absolute Gasteiger partial charge is 3.00 e. The summed E-state index contributed by atoms with van der Waals surface area (Å²) in [7, 11) is 0. The van der Waals surface area contributed by atoms with Gasteiger partial charge in [-0.2, -0.15) is 0 Å². The third-order valence-electron chi connectivity index (χ3n) is 8.38. The number of carbonyl (C=O) groups excluding carboxylic acids is 3. The number of rotatable bonds is 3. The first-order valence-electron chi connectivity index (χ1n) is 12.7. The van der Waals surface area contributed by atoms with Crippen molar-refractivity contribution in [3.05, 3.63) is 0 Å². The molecule has 3 aliphatic carbocycles. The molecule has 0 aromatic rings. The van der Waals surface area contributed by atoms with Crippen LogP contribution in [-0.2, 0) is 14.4 Å². The van der Waals surface area contributed by atoms with Crippen molar-refractivity contribution in [2.45, 2.75) is 119 Å². The van der Waals surface area contributed by atoms with E-state index < -0.39 is 17.9 Å². The second kappa shape index (κ2) is 13.9. The Hall–Kier alpha value is -1.06. The van der Waals surface area contributed by atoms with E-state index in [0.29, 0.717) is 0 Å². The maximum Gasteiger partial charge on any atom is 3.00 e. The molecule has 34 heavy (non-hydrogen) atoms. The maximum absolute atomic E-state index is 10.7. The second-order valence-electron chi connectivity index (χ2n) is 12.3. The fraction of sp³-hybridized carbons (Fsp3) is 0.889. The predicted molar refractivity (Wildman–Crippen MR) is 128 cm³/mol. The van der Waals surface area contributed by atoms with Gasteiger partial charge in [0.05, 0.1) is 0 Å². The van der Waals surface area contributed by atoms with Crippen molar-refractivity contribution in [2.75, 3.05) is 0 Å². The number of carbonyl (C=O) groups is 3. The Morgan fingerprint density at radius 1 is 0.500 bits per heavy atom. The first-order chi connectivity index (χ1) is 15.1. The summed E-state index contributed by atoms with van der Waals surface area (Å²) in [5, 5.41) is 32.0. The van der Waals surface area contributed by atoms with Gasteiger partial charge in [-0.05, 0) is 54.8 Å². The molecule has 3 unspecified atom stereocenters. The Bertz CT molecular complexity index is 580. The maximum atomic E-state index is 10.7. The molecule has 0 aromatic carbocycles. The zero-order valence-corrected chi connectivity index (χ0v) is 23.4. The monoisotopic (exact) mass is 492 g/mol. The quantitative estimate of drug-likeness (QED) is 0.558. The van der Waals surface area contributed by atoms with Gasteiger partial charge in [0.2, 0.25) is 0 Å². The van der Waals surface area contributed by atoms with E-state index in [0.717, 1.165) is 77.0 Å². The van der Waals surface area contributed by atoms with E-state index in [1.54, 1.807) is 0 Å². The molecule has 3 fully saturated rings. The van der Waals surface area contributed by atoms with Crippen molar-refractivity contribution in [1.82, 2.24) is 0 Å².